The number of ether oxygens (including phenoxy) is 3. The van der Waals surface area contributed by atoms with E-state index in [0.29, 0.717) is 25.6 Å². The third-order valence-electron chi connectivity index (χ3n) is 14.7. The lowest BCUT2D eigenvalue weighted by molar-refractivity contribution is -0.138. The summed E-state index contributed by atoms with van der Waals surface area (Å²) in [5, 5.41) is 17.2. The number of amides is 4. The van der Waals surface area contributed by atoms with E-state index in [4.69, 9.17) is 25.1 Å². The molecule has 3 rings (SSSR count). The lowest BCUT2D eigenvalue weighted by Crippen LogP contribution is -2.56. The van der Waals surface area contributed by atoms with Crippen molar-refractivity contribution < 1.29 is 43.3 Å². The summed E-state index contributed by atoms with van der Waals surface area (Å²) < 4.78 is 18.6. The predicted molar refractivity (Wildman–Crippen MR) is 311 cm³/mol. The SMILES string of the molecule is CCCCCCCCCCCCCCCCOCC(CSCC(NC(=O)OCC1c2ccccc2-c2ccccc21)C(=O)NC(CC)C(=O)N[C@H](CCC(=O)O)C(N)=O)OCCCCCCCCCCCCCCCC. The van der Waals surface area contributed by atoms with E-state index in [9.17, 15) is 24.0 Å². The van der Waals surface area contributed by atoms with E-state index in [1.165, 1.54) is 166 Å². The number of thioether (sulfide) groups is 1. The summed E-state index contributed by atoms with van der Waals surface area (Å²) in [4.78, 5) is 64.5. The van der Waals surface area contributed by atoms with Crippen molar-refractivity contribution in [3.63, 3.8) is 0 Å². The van der Waals surface area contributed by atoms with Crippen LogP contribution in [0.25, 0.3) is 11.1 Å². The molecule has 430 valence electrons. The van der Waals surface area contributed by atoms with Gasteiger partial charge in [0.25, 0.3) is 0 Å². The zero-order valence-electron chi connectivity index (χ0n) is 47.4. The maximum atomic E-state index is 14.1. The first-order chi connectivity index (χ1) is 37.1. The Balaban J connectivity index is 1.58. The van der Waals surface area contributed by atoms with E-state index in [2.05, 4.69) is 41.9 Å². The number of carbonyl (C=O) groups excluding carboxylic acids is 4. The highest BCUT2D eigenvalue weighted by Crippen LogP contribution is 2.44. The average molecular weight is 1080 g/mol. The number of unbranched alkanes of at least 4 members (excludes halogenated alkanes) is 26. The molecule has 0 bridgehead atoms. The first-order valence-corrected chi connectivity index (χ1v) is 31.2. The average Bonchev–Trinajstić information content (AvgIpc) is 3.76. The van der Waals surface area contributed by atoms with Crippen LogP contribution >= 0.6 is 11.8 Å². The topological polar surface area (TPSA) is 195 Å². The van der Waals surface area contributed by atoms with E-state index in [1.54, 1.807) is 6.92 Å². The highest BCUT2D eigenvalue weighted by Gasteiger charge is 2.32. The summed E-state index contributed by atoms with van der Waals surface area (Å²) in [5.41, 5.74) is 9.80. The van der Waals surface area contributed by atoms with E-state index in [1.807, 2.05) is 36.4 Å². The van der Waals surface area contributed by atoms with Crippen LogP contribution in [0, 0.1) is 0 Å². The minimum Gasteiger partial charge on any atom is -0.481 e. The second kappa shape index (κ2) is 42.8. The van der Waals surface area contributed by atoms with Gasteiger partial charge in [-0.1, -0.05) is 236 Å². The highest BCUT2D eigenvalue weighted by atomic mass is 32.2. The summed E-state index contributed by atoms with van der Waals surface area (Å²) in [7, 11) is 0. The number of rotatable bonds is 49. The maximum Gasteiger partial charge on any atom is 0.407 e. The molecule has 1 aliphatic carbocycles. The van der Waals surface area contributed by atoms with Crippen LogP contribution in [0.2, 0.25) is 0 Å². The van der Waals surface area contributed by atoms with Crippen molar-refractivity contribution in [2.75, 3.05) is 37.9 Å². The molecule has 6 N–H and O–H groups in total. The molecule has 0 heterocycles. The number of hydrogen-bond acceptors (Lipinski definition) is 9. The molecule has 13 nitrogen and oxygen atoms in total. The number of fused-ring (bicyclic) bond motifs is 3. The summed E-state index contributed by atoms with van der Waals surface area (Å²) in [5.74, 6) is -2.85. The molecular formula is C62H102N4O9S. The van der Waals surface area contributed by atoms with Crippen LogP contribution in [0.15, 0.2) is 48.5 Å². The number of nitrogens with two attached hydrogens (primary N) is 1. The maximum absolute atomic E-state index is 14.1. The molecule has 0 aliphatic heterocycles. The Kier molecular flexibility index (Phi) is 37.3. The van der Waals surface area contributed by atoms with Crippen molar-refractivity contribution in [3.05, 3.63) is 59.7 Å². The molecule has 1 aliphatic rings. The number of alkyl carbamates (subject to hydrolysis) is 1. The zero-order chi connectivity index (χ0) is 54.9. The van der Waals surface area contributed by atoms with Crippen molar-refractivity contribution in [2.24, 2.45) is 5.73 Å². The summed E-state index contributed by atoms with van der Waals surface area (Å²) in [6, 6.07) is 12.7. The quantitative estimate of drug-likeness (QED) is 0.0398. The first kappa shape index (κ1) is 66.1. The Morgan fingerprint density at radius 1 is 0.553 bits per heavy atom. The Morgan fingerprint density at radius 3 is 1.45 bits per heavy atom. The summed E-state index contributed by atoms with van der Waals surface area (Å²) in [6.45, 7) is 7.97. The molecule has 4 atom stereocenters. The first-order valence-electron chi connectivity index (χ1n) is 30.1. The van der Waals surface area contributed by atoms with Crippen LogP contribution in [0.4, 0.5) is 4.79 Å². The molecule has 14 heteroatoms. The number of hydrogen-bond donors (Lipinski definition) is 5. The molecule has 0 aromatic heterocycles. The standard InChI is InChI=1S/C62H102N4O9S/c1-4-7-9-11-13-15-17-19-21-23-25-27-29-35-43-73-45-49(74-44-36-30-28-26-24-22-20-18-16-14-12-10-8-5-2)47-76-48-57(61(71)64-55(6-3)60(70)65-56(59(63)69)41-42-58(67)68)66-62(72)75-46-54-52-39-33-31-37-50(52)51-38-32-34-40-53(51)54/h31-34,37-40,49,54-57H,4-30,35-36,41-48H2,1-3H3,(H2,63,69)(H,64,71)(H,65,70)(H,66,72)(H,67,68)/t49?,55?,56-,57?/m1/s1. The van der Waals surface area contributed by atoms with Crippen molar-refractivity contribution >= 4 is 41.5 Å². The predicted octanol–water partition coefficient (Wildman–Crippen LogP) is 13.7. The molecule has 0 fully saturated rings. The third kappa shape index (κ3) is 29.0. The Hall–Kier alpha value is -4.14. The van der Waals surface area contributed by atoms with Crippen molar-refractivity contribution in [2.45, 2.75) is 250 Å². The van der Waals surface area contributed by atoms with Gasteiger partial charge in [-0.15, -0.1) is 0 Å². The minimum absolute atomic E-state index is 0.0536. The van der Waals surface area contributed by atoms with Gasteiger partial charge in [-0.3, -0.25) is 19.2 Å². The van der Waals surface area contributed by atoms with Gasteiger partial charge in [0.1, 0.15) is 24.7 Å². The molecule has 0 radical (unpaired) electrons. The molecule has 3 unspecified atom stereocenters. The van der Waals surface area contributed by atoms with Gasteiger partial charge < -0.3 is 41.0 Å². The number of carbonyl (C=O) groups is 5. The van der Waals surface area contributed by atoms with Gasteiger partial charge >= 0.3 is 12.1 Å². The molecule has 0 saturated heterocycles. The Labute approximate surface area is 463 Å². The normalized spacial score (nSPS) is 13.6. The largest absolute Gasteiger partial charge is 0.481 e. The second-order valence-corrected chi connectivity index (χ2v) is 22.3. The lowest BCUT2D eigenvalue weighted by atomic mass is 9.98. The van der Waals surface area contributed by atoms with Gasteiger partial charge in [0, 0.05) is 37.1 Å². The molecule has 0 spiro atoms. The van der Waals surface area contributed by atoms with Gasteiger partial charge in [0.15, 0.2) is 0 Å². The smallest absolute Gasteiger partial charge is 0.407 e. The van der Waals surface area contributed by atoms with Crippen LogP contribution in [-0.2, 0) is 33.4 Å². The molecule has 2 aromatic rings. The minimum atomic E-state index is -1.24. The van der Waals surface area contributed by atoms with Crippen LogP contribution in [0.1, 0.15) is 237 Å². The number of aliphatic carboxylic acids is 1. The van der Waals surface area contributed by atoms with Gasteiger partial charge in [0.05, 0.1) is 12.7 Å². The summed E-state index contributed by atoms with van der Waals surface area (Å²) in [6.07, 6.45) is 34.6. The fraction of sp³-hybridized carbons (Fsp3) is 0.726. The Bertz CT molecular complexity index is 1840. The van der Waals surface area contributed by atoms with E-state index < -0.39 is 47.9 Å². The Morgan fingerprint density at radius 2 is 0.987 bits per heavy atom. The fourth-order valence-electron chi connectivity index (χ4n) is 10.0. The van der Waals surface area contributed by atoms with E-state index in [0.717, 1.165) is 47.9 Å². The van der Waals surface area contributed by atoms with Crippen LogP contribution in [-0.4, -0.2) is 97.1 Å². The molecule has 0 saturated carbocycles. The van der Waals surface area contributed by atoms with Crippen LogP contribution < -0.4 is 21.7 Å². The summed E-state index contributed by atoms with van der Waals surface area (Å²) >= 11 is 1.45. The number of primary amides is 1. The van der Waals surface area contributed by atoms with Gasteiger partial charge in [-0.25, -0.2) is 4.79 Å². The number of nitrogens with one attached hydrogen (secondary N) is 3. The van der Waals surface area contributed by atoms with Crippen molar-refractivity contribution in [3.8, 4) is 11.1 Å². The molecule has 2 aromatic carbocycles. The number of benzene rings is 2. The molecular weight excluding hydrogens is 977 g/mol. The monoisotopic (exact) mass is 1080 g/mol. The van der Waals surface area contributed by atoms with Gasteiger partial charge in [0.2, 0.25) is 17.7 Å². The number of carboxylic acid groups (broad SMARTS) is 1. The number of carboxylic acids is 1. The van der Waals surface area contributed by atoms with Crippen LogP contribution in [0.5, 0.6) is 0 Å². The van der Waals surface area contributed by atoms with Crippen molar-refractivity contribution in [1.29, 1.82) is 0 Å². The van der Waals surface area contributed by atoms with E-state index in [-0.39, 0.29) is 43.6 Å². The fourth-order valence-corrected chi connectivity index (χ4v) is 11.1. The van der Waals surface area contributed by atoms with Crippen LogP contribution in [0.3, 0.4) is 0 Å². The zero-order valence-corrected chi connectivity index (χ0v) is 48.2. The van der Waals surface area contributed by atoms with E-state index >= 15 is 0 Å². The van der Waals surface area contributed by atoms with Gasteiger partial charge in [-0.05, 0) is 47.9 Å². The van der Waals surface area contributed by atoms with Crippen molar-refractivity contribution in [1.82, 2.24) is 16.0 Å². The lowest BCUT2D eigenvalue weighted by Gasteiger charge is -2.24. The van der Waals surface area contributed by atoms with Gasteiger partial charge in [-0.2, -0.15) is 11.8 Å². The molecule has 76 heavy (non-hydrogen) atoms. The highest BCUT2D eigenvalue weighted by molar-refractivity contribution is 7.99. The molecule has 4 amide bonds. The third-order valence-corrected chi connectivity index (χ3v) is 15.9. The second-order valence-electron chi connectivity index (χ2n) is 21.2.